The monoisotopic (exact) mass is 454 g/mol. The van der Waals surface area contributed by atoms with Gasteiger partial charge in [0.1, 0.15) is 5.70 Å². The van der Waals surface area contributed by atoms with Gasteiger partial charge in [0.05, 0.1) is 11.4 Å². The predicted octanol–water partition coefficient (Wildman–Crippen LogP) is 7.66. The maximum absolute atomic E-state index is 13.7. The average Bonchev–Trinajstić information content (AvgIpc) is 2.97. The molecule has 1 heterocycles. The van der Waals surface area contributed by atoms with Crippen LogP contribution in [0.25, 0.3) is 0 Å². The Morgan fingerprint density at radius 3 is 2.26 bits per heavy atom. The zero-order valence-electron chi connectivity index (χ0n) is 18.6. The number of carbonyl (C=O) groups excluding carboxylic acids is 1. The van der Waals surface area contributed by atoms with Crippen LogP contribution in [0.5, 0.6) is 0 Å². The number of nitrogens with zero attached hydrogens (tertiary/aromatic N) is 1. The first kappa shape index (κ1) is 22.0. The summed E-state index contributed by atoms with van der Waals surface area (Å²) >= 11 is 12.7. The van der Waals surface area contributed by atoms with E-state index in [1.165, 1.54) is 0 Å². The van der Waals surface area contributed by atoms with Gasteiger partial charge in [-0.25, -0.2) is 0 Å². The second-order valence-electron chi connectivity index (χ2n) is 9.61. The summed E-state index contributed by atoms with van der Waals surface area (Å²) in [5, 5.41) is 4.72. The van der Waals surface area contributed by atoms with Crippen molar-refractivity contribution in [2.24, 2.45) is 11.3 Å². The molecule has 1 aliphatic carbocycles. The number of anilines is 2. The van der Waals surface area contributed by atoms with Crippen LogP contribution in [0.1, 0.15) is 44.7 Å². The van der Waals surface area contributed by atoms with Crippen molar-refractivity contribution < 1.29 is 4.79 Å². The molecule has 2 aromatic rings. The molecular formula is C26H28Cl2N2O. The number of aryl methyl sites for hydroxylation is 2. The van der Waals surface area contributed by atoms with E-state index < -0.39 is 0 Å². The molecule has 4 rings (SSSR count). The Morgan fingerprint density at radius 1 is 1.00 bits per heavy atom. The van der Waals surface area contributed by atoms with E-state index in [2.05, 4.69) is 32.2 Å². The number of fused-ring (bicyclic) bond motifs is 1. The molecule has 162 valence electrons. The normalized spacial score (nSPS) is 18.9. The third kappa shape index (κ3) is 4.14. The van der Waals surface area contributed by atoms with Crippen LogP contribution in [0.4, 0.5) is 11.4 Å². The predicted molar refractivity (Wildman–Crippen MR) is 131 cm³/mol. The van der Waals surface area contributed by atoms with Gasteiger partial charge in [-0.1, -0.05) is 62.2 Å². The van der Waals surface area contributed by atoms with Crippen molar-refractivity contribution in [1.29, 1.82) is 0 Å². The maximum Gasteiger partial charge on any atom is 0.279 e. The van der Waals surface area contributed by atoms with Crippen molar-refractivity contribution in [3.8, 4) is 0 Å². The molecule has 2 aromatic carbocycles. The smallest absolute Gasteiger partial charge is 0.279 e. The lowest BCUT2D eigenvalue weighted by Gasteiger charge is -2.34. The van der Waals surface area contributed by atoms with Crippen LogP contribution in [0.3, 0.4) is 0 Å². The van der Waals surface area contributed by atoms with Crippen LogP contribution in [0.15, 0.2) is 59.4 Å². The number of carbonyl (C=O) groups is 1. The van der Waals surface area contributed by atoms with Gasteiger partial charge in [-0.2, -0.15) is 0 Å². The van der Waals surface area contributed by atoms with Crippen molar-refractivity contribution in [3.05, 3.63) is 80.6 Å². The fourth-order valence-electron chi connectivity index (χ4n) is 4.20. The Morgan fingerprint density at radius 2 is 1.65 bits per heavy atom. The lowest BCUT2D eigenvalue weighted by atomic mass is 9.72. The topological polar surface area (TPSA) is 32.3 Å². The second-order valence-corrected chi connectivity index (χ2v) is 10.4. The quantitative estimate of drug-likeness (QED) is 0.515. The summed E-state index contributed by atoms with van der Waals surface area (Å²) in [5.74, 6) is 0.395. The number of hydrogen-bond acceptors (Lipinski definition) is 2. The molecular weight excluding hydrogens is 427 g/mol. The van der Waals surface area contributed by atoms with E-state index in [0.717, 1.165) is 46.6 Å². The first-order chi connectivity index (χ1) is 14.6. The summed E-state index contributed by atoms with van der Waals surface area (Å²) in [6.45, 7) is 10.7. The first-order valence-corrected chi connectivity index (χ1v) is 11.4. The highest BCUT2D eigenvalue weighted by Gasteiger charge is 2.41. The number of hydrogen-bond donors (Lipinski definition) is 1. The van der Waals surface area contributed by atoms with E-state index >= 15 is 0 Å². The van der Waals surface area contributed by atoms with Crippen molar-refractivity contribution in [2.75, 3.05) is 10.2 Å². The molecule has 3 nitrogen and oxygen atoms in total. The third-order valence-corrected chi connectivity index (χ3v) is 7.21. The van der Waals surface area contributed by atoms with Crippen molar-refractivity contribution in [1.82, 2.24) is 0 Å². The van der Waals surface area contributed by atoms with Crippen LogP contribution in [-0.4, -0.2) is 5.91 Å². The molecule has 2 aliphatic rings. The van der Waals surface area contributed by atoms with E-state index in [4.69, 9.17) is 23.2 Å². The molecule has 1 unspecified atom stereocenters. The Bertz CT molecular complexity index is 1120. The maximum atomic E-state index is 13.7. The number of allylic oxidation sites excluding steroid dienone is 2. The fourth-order valence-corrected chi connectivity index (χ4v) is 4.55. The fraction of sp³-hybridized carbons (Fsp3) is 0.346. The summed E-state index contributed by atoms with van der Waals surface area (Å²) in [6, 6.07) is 11.6. The van der Waals surface area contributed by atoms with Gasteiger partial charge in [-0.15, -0.1) is 0 Å². The summed E-state index contributed by atoms with van der Waals surface area (Å²) in [4.78, 5) is 15.5. The summed E-state index contributed by atoms with van der Waals surface area (Å²) in [5.41, 5.74) is 6.39. The molecule has 0 spiro atoms. The minimum atomic E-state index is -0.0626. The summed E-state index contributed by atoms with van der Waals surface area (Å²) in [7, 11) is 0. The van der Waals surface area contributed by atoms with E-state index in [9.17, 15) is 4.79 Å². The highest BCUT2D eigenvalue weighted by atomic mass is 35.5. The zero-order valence-corrected chi connectivity index (χ0v) is 20.2. The molecule has 1 aliphatic heterocycles. The van der Waals surface area contributed by atoms with Crippen molar-refractivity contribution in [3.63, 3.8) is 0 Å². The number of rotatable bonds is 3. The molecule has 1 N–H and O–H groups in total. The SMILES string of the molecule is Cc1ccc(NC2=C3CC(C(C)(C)C)CC=C3N(c3ccc(C)c(Cl)c3)C2=O)cc1Cl. The number of nitrogens with one attached hydrogen (secondary N) is 1. The molecule has 0 saturated heterocycles. The minimum Gasteiger partial charge on any atom is -0.351 e. The van der Waals surface area contributed by atoms with E-state index in [1.807, 2.05) is 50.2 Å². The van der Waals surface area contributed by atoms with Gasteiger partial charge in [0.25, 0.3) is 5.91 Å². The van der Waals surface area contributed by atoms with Crippen molar-refractivity contribution >= 4 is 40.5 Å². The minimum absolute atomic E-state index is 0.0626. The third-order valence-electron chi connectivity index (χ3n) is 6.39. The largest absolute Gasteiger partial charge is 0.351 e. The van der Waals surface area contributed by atoms with Crippen LogP contribution in [0.2, 0.25) is 10.0 Å². The van der Waals surface area contributed by atoms with E-state index in [-0.39, 0.29) is 11.3 Å². The molecule has 0 saturated carbocycles. The molecule has 0 bridgehead atoms. The molecule has 0 radical (unpaired) electrons. The first-order valence-electron chi connectivity index (χ1n) is 10.6. The van der Waals surface area contributed by atoms with Crippen LogP contribution < -0.4 is 10.2 Å². The van der Waals surface area contributed by atoms with Crippen LogP contribution in [0, 0.1) is 25.2 Å². The summed E-state index contributed by atoms with van der Waals surface area (Å²) < 4.78 is 0. The Hall–Kier alpha value is -2.23. The number of amides is 1. The zero-order chi connectivity index (χ0) is 22.5. The van der Waals surface area contributed by atoms with Crippen LogP contribution in [-0.2, 0) is 4.79 Å². The Kier molecular flexibility index (Phi) is 5.70. The van der Waals surface area contributed by atoms with Crippen LogP contribution >= 0.6 is 23.2 Å². The molecule has 31 heavy (non-hydrogen) atoms. The second kappa shape index (κ2) is 8.03. The molecule has 1 amide bonds. The highest BCUT2D eigenvalue weighted by molar-refractivity contribution is 6.32. The lowest BCUT2D eigenvalue weighted by Crippen LogP contribution is -2.29. The van der Waals surface area contributed by atoms with Gasteiger partial charge in [0.15, 0.2) is 0 Å². The van der Waals surface area contributed by atoms with Gasteiger partial charge in [0, 0.05) is 21.3 Å². The lowest BCUT2D eigenvalue weighted by molar-refractivity contribution is -0.114. The number of benzene rings is 2. The molecule has 0 aromatic heterocycles. The standard InChI is InChI=1S/C26H28Cl2N2O/c1-15-6-9-18(13-21(15)27)29-24-20-12-17(26(3,4)5)8-11-23(20)30(25(24)31)19-10-7-16(2)22(28)14-19/h6-7,9-11,13-14,17,29H,8,12H2,1-5H3. The van der Waals surface area contributed by atoms with Gasteiger partial charge >= 0.3 is 0 Å². The van der Waals surface area contributed by atoms with Gasteiger partial charge in [0.2, 0.25) is 0 Å². The average molecular weight is 455 g/mol. The number of halogens is 2. The molecule has 0 fully saturated rings. The van der Waals surface area contributed by atoms with Gasteiger partial charge in [-0.05, 0) is 73.4 Å². The molecule has 1 atom stereocenters. The van der Waals surface area contributed by atoms with E-state index in [0.29, 0.717) is 21.7 Å². The van der Waals surface area contributed by atoms with Gasteiger partial charge in [-0.3, -0.25) is 9.69 Å². The summed E-state index contributed by atoms with van der Waals surface area (Å²) in [6.07, 6.45) is 3.99. The van der Waals surface area contributed by atoms with Gasteiger partial charge < -0.3 is 5.32 Å². The highest BCUT2D eigenvalue weighted by Crippen LogP contribution is 2.46. The van der Waals surface area contributed by atoms with Crippen molar-refractivity contribution in [2.45, 2.75) is 47.5 Å². The Balaban J connectivity index is 1.79. The Labute approximate surface area is 194 Å². The van der Waals surface area contributed by atoms with E-state index in [1.54, 1.807) is 4.90 Å². The molecule has 5 heteroatoms.